The van der Waals surface area contributed by atoms with Crippen LogP contribution < -0.4 is 11.1 Å². The third kappa shape index (κ3) is 3.17. The van der Waals surface area contributed by atoms with Crippen LogP contribution in [0.1, 0.15) is 39.0 Å². The molecule has 20 heavy (non-hydrogen) atoms. The summed E-state index contributed by atoms with van der Waals surface area (Å²) in [6, 6.07) is 0.0215. The van der Waals surface area contributed by atoms with Gasteiger partial charge < -0.3 is 11.1 Å². The zero-order valence-corrected chi connectivity index (χ0v) is 11.9. The number of carbonyl (C=O) groups is 3. The molecule has 0 aromatic rings. The molecule has 0 spiro atoms. The molecule has 6 nitrogen and oxygen atoms in total. The normalized spacial score (nSPS) is 27.4. The number of carbonyl (C=O) groups excluding carboxylic acids is 3. The zero-order valence-electron chi connectivity index (χ0n) is 11.9. The van der Waals surface area contributed by atoms with E-state index in [0.717, 1.165) is 30.6 Å². The molecule has 0 bridgehead atoms. The van der Waals surface area contributed by atoms with Gasteiger partial charge in [0.15, 0.2) is 0 Å². The van der Waals surface area contributed by atoms with Crippen LogP contribution in [0.5, 0.6) is 0 Å². The summed E-state index contributed by atoms with van der Waals surface area (Å²) >= 11 is 0. The Hall–Kier alpha value is -1.43. The average Bonchev–Trinajstić information content (AvgIpc) is 2.64. The van der Waals surface area contributed by atoms with Gasteiger partial charge in [0, 0.05) is 12.6 Å². The van der Waals surface area contributed by atoms with E-state index >= 15 is 0 Å². The first-order chi connectivity index (χ1) is 9.50. The Morgan fingerprint density at radius 1 is 1.30 bits per heavy atom. The molecule has 0 aromatic carbocycles. The number of imide groups is 1. The van der Waals surface area contributed by atoms with E-state index in [1.54, 1.807) is 0 Å². The highest BCUT2D eigenvalue weighted by atomic mass is 16.2. The molecular weight excluding hydrogens is 258 g/mol. The lowest BCUT2D eigenvalue weighted by Gasteiger charge is -2.19. The molecular formula is C14H23N3O3. The molecule has 3 unspecified atom stereocenters. The minimum atomic E-state index is -0.286. The number of nitrogens with zero attached hydrogens (tertiary/aromatic N) is 1. The monoisotopic (exact) mass is 281 g/mol. The molecule has 0 aromatic heterocycles. The highest BCUT2D eigenvalue weighted by Crippen LogP contribution is 2.37. The lowest BCUT2D eigenvalue weighted by Crippen LogP contribution is -2.41. The molecule has 1 saturated heterocycles. The van der Waals surface area contributed by atoms with Gasteiger partial charge in [-0.15, -0.1) is 0 Å². The Morgan fingerprint density at radius 2 is 1.85 bits per heavy atom. The summed E-state index contributed by atoms with van der Waals surface area (Å²) < 4.78 is 0. The quantitative estimate of drug-likeness (QED) is 0.695. The van der Waals surface area contributed by atoms with Crippen molar-refractivity contribution in [3.05, 3.63) is 0 Å². The summed E-state index contributed by atoms with van der Waals surface area (Å²) in [4.78, 5) is 37.3. The molecule has 1 heterocycles. The molecule has 3 N–H and O–H groups in total. The molecule has 3 atom stereocenters. The van der Waals surface area contributed by atoms with Crippen LogP contribution in [0.4, 0.5) is 0 Å². The fraction of sp³-hybridized carbons (Fsp3) is 0.786. The van der Waals surface area contributed by atoms with Crippen molar-refractivity contribution in [2.45, 2.75) is 45.1 Å². The second-order valence-electron chi connectivity index (χ2n) is 5.88. The topological polar surface area (TPSA) is 92.5 Å². The van der Waals surface area contributed by atoms with E-state index < -0.39 is 0 Å². The minimum absolute atomic E-state index is 0.0215. The van der Waals surface area contributed by atoms with E-state index in [1.807, 2.05) is 6.92 Å². The van der Waals surface area contributed by atoms with Crippen LogP contribution in [0.2, 0.25) is 0 Å². The maximum atomic E-state index is 12.2. The number of amides is 3. The molecule has 6 heteroatoms. The van der Waals surface area contributed by atoms with Gasteiger partial charge in [-0.3, -0.25) is 19.3 Å². The fourth-order valence-corrected chi connectivity index (χ4v) is 3.03. The number of likely N-dealkylation sites (tertiary alicyclic amines) is 1. The Morgan fingerprint density at radius 3 is 2.35 bits per heavy atom. The third-order valence-corrected chi connectivity index (χ3v) is 4.16. The molecule has 2 rings (SSSR count). The van der Waals surface area contributed by atoms with Crippen LogP contribution in [0.3, 0.4) is 0 Å². The number of hydrogen-bond donors (Lipinski definition) is 2. The fourth-order valence-electron chi connectivity index (χ4n) is 3.03. The van der Waals surface area contributed by atoms with Gasteiger partial charge in [-0.2, -0.15) is 0 Å². The van der Waals surface area contributed by atoms with Gasteiger partial charge in [0.25, 0.3) is 0 Å². The summed E-state index contributed by atoms with van der Waals surface area (Å²) in [6.45, 7) is 2.19. The zero-order chi connectivity index (χ0) is 14.7. The first-order valence-electron chi connectivity index (χ1n) is 7.38. The van der Waals surface area contributed by atoms with Gasteiger partial charge in [0.05, 0.1) is 11.8 Å². The van der Waals surface area contributed by atoms with Gasteiger partial charge in [-0.05, 0) is 26.2 Å². The van der Waals surface area contributed by atoms with E-state index in [4.69, 9.17) is 5.73 Å². The number of fused-ring (bicyclic) bond motifs is 1. The number of hydrogen-bond acceptors (Lipinski definition) is 4. The lowest BCUT2D eigenvalue weighted by atomic mass is 9.81. The first kappa shape index (κ1) is 15.0. The summed E-state index contributed by atoms with van der Waals surface area (Å²) in [6.07, 6.45) is 4.22. The van der Waals surface area contributed by atoms with Crippen LogP contribution in [0, 0.1) is 11.8 Å². The van der Waals surface area contributed by atoms with Crippen molar-refractivity contribution in [1.82, 2.24) is 10.2 Å². The molecule has 112 valence electrons. The molecule has 1 aliphatic heterocycles. The maximum Gasteiger partial charge on any atom is 0.240 e. The van der Waals surface area contributed by atoms with Gasteiger partial charge in [0.1, 0.15) is 6.54 Å². The van der Waals surface area contributed by atoms with Crippen molar-refractivity contribution in [3.8, 4) is 0 Å². The van der Waals surface area contributed by atoms with Crippen molar-refractivity contribution in [1.29, 1.82) is 0 Å². The van der Waals surface area contributed by atoms with Gasteiger partial charge >= 0.3 is 0 Å². The average molecular weight is 281 g/mol. The van der Waals surface area contributed by atoms with Gasteiger partial charge in [-0.25, -0.2) is 0 Å². The summed E-state index contributed by atoms with van der Waals surface area (Å²) in [5, 5.41) is 2.70. The standard InChI is InChI=1S/C14H23N3O3/c1-9(15)6-7-16-12(18)8-17-13(19)10-4-2-3-5-11(10)14(17)20/h9-11H,2-8,15H2,1H3,(H,16,18). The van der Waals surface area contributed by atoms with E-state index in [-0.39, 0.29) is 42.1 Å². The van der Waals surface area contributed by atoms with Crippen molar-refractivity contribution >= 4 is 17.7 Å². The predicted octanol–water partition coefficient (Wildman–Crippen LogP) is 0.0151. The molecule has 2 fully saturated rings. The second-order valence-corrected chi connectivity index (χ2v) is 5.88. The highest BCUT2D eigenvalue weighted by molar-refractivity contribution is 6.07. The summed E-state index contributed by atoms with van der Waals surface area (Å²) in [5.41, 5.74) is 5.60. The smallest absolute Gasteiger partial charge is 0.240 e. The third-order valence-electron chi connectivity index (χ3n) is 4.16. The van der Waals surface area contributed by atoms with Gasteiger partial charge in [0.2, 0.25) is 17.7 Å². The predicted molar refractivity (Wildman–Crippen MR) is 73.4 cm³/mol. The molecule has 1 saturated carbocycles. The van der Waals surface area contributed by atoms with Crippen LogP contribution in [-0.4, -0.2) is 41.8 Å². The van der Waals surface area contributed by atoms with Crippen LogP contribution in [-0.2, 0) is 14.4 Å². The Kier molecular flexibility index (Phi) is 4.75. The van der Waals surface area contributed by atoms with Crippen LogP contribution >= 0.6 is 0 Å². The first-order valence-corrected chi connectivity index (χ1v) is 7.38. The van der Waals surface area contributed by atoms with Crippen LogP contribution in [0.15, 0.2) is 0 Å². The van der Waals surface area contributed by atoms with Crippen molar-refractivity contribution in [2.75, 3.05) is 13.1 Å². The number of nitrogens with one attached hydrogen (secondary N) is 1. The van der Waals surface area contributed by atoms with Crippen molar-refractivity contribution < 1.29 is 14.4 Å². The van der Waals surface area contributed by atoms with Crippen LogP contribution in [0.25, 0.3) is 0 Å². The SMILES string of the molecule is CC(N)CCNC(=O)CN1C(=O)C2CCCCC2C1=O. The Bertz CT molecular complexity index is 384. The molecule has 1 aliphatic carbocycles. The summed E-state index contributed by atoms with van der Waals surface area (Å²) in [5.74, 6) is -0.990. The van der Waals surface area contributed by atoms with Gasteiger partial charge in [-0.1, -0.05) is 12.8 Å². The molecule has 2 aliphatic rings. The lowest BCUT2D eigenvalue weighted by molar-refractivity contribution is -0.143. The van der Waals surface area contributed by atoms with E-state index in [9.17, 15) is 14.4 Å². The highest BCUT2D eigenvalue weighted by Gasteiger charge is 2.48. The Balaban J connectivity index is 1.87. The summed E-state index contributed by atoms with van der Waals surface area (Å²) in [7, 11) is 0. The van der Waals surface area contributed by atoms with Crippen molar-refractivity contribution in [2.24, 2.45) is 17.6 Å². The second kappa shape index (κ2) is 6.35. The number of rotatable bonds is 5. The van der Waals surface area contributed by atoms with E-state index in [2.05, 4.69) is 5.32 Å². The number of nitrogens with two attached hydrogens (primary N) is 1. The van der Waals surface area contributed by atoms with Crippen molar-refractivity contribution in [3.63, 3.8) is 0 Å². The minimum Gasteiger partial charge on any atom is -0.354 e. The van der Waals surface area contributed by atoms with E-state index in [0.29, 0.717) is 13.0 Å². The van der Waals surface area contributed by atoms with E-state index in [1.165, 1.54) is 0 Å². The molecule has 0 radical (unpaired) electrons. The largest absolute Gasteiger partial charge is 0.354 e. The molecule has 3 amide bonds. The maximum absolute atomic E-state index is 12.2. The Labute approximate surface area is 119 Å².